The maximum Gasteiger partial charge on any atom is 0.265 e. The van der Waals surface area contributed by atoms with E-state index in [2.05, 4.69) is 4.90 Å². The Labute approximate surface area is 190 Å². The average molecular weight is 486 g/mol. The summed E-state index contributed by atoms with van der Waals surface area (Å²) in [5, 5.41) is 2.42. The number of carbonyl (C=O) groups is 1. The fourth-order valence-electron chi connectivity index (χ4n) is 3.73. The van der Waals surface area contributed by atoms with Gasteiger partial charge < -0.3 is 4.90 Å². The van der Waals surface area contributed by atoms with E-state index in [9.17, 15) is 13.2 Å². The number of hydrogen-bond acceptors (Lipinski definition) is 6. The second-order valence-corrected chi connectivity index (χ2v) is 11.8. The molecular weight excluding hydrogens is 462 g/mol. The fraction of sp³-hybridized carbons (Fsp3) is 0.450. The van der Waals surface area contributed by atoms with Crippen molar-refractivity contribution in [3.63, 3.8) is 0 Å². The van der Waals surface area contributed by atoms with Gasteiger partial charge in [0.2, 0.25) is 10.0 Å². The summed E-state index contributed by atoms with van der Waals surface area (Å²) in [4.78, 5) is 17.7. The summed E-state index contributed by atoms with van der Waals surface area (Å²) in [7, 11) is -3.63. The molecule has 1 amide bonds. The zero-order chi connectivity index (χ0) is 21.1. The number of thioether (sulfide) groups is 1. The summed E-state index contributed by atoms with van der Waals surface area (Å²) >= 11 is 9.04. The zero-order valence-electron chi connectivity index (χ0n) is 16.5. The van der Waals surface area contributed by atoms with Crippen LogP contribution in [-0.4, -0.2) is 79.2 Å². The number of hydrogen-bond donors (Lipinski definition) is 0. The van der Waals surface area contributed by atoms with Gasteiger partial charge in [-0.3, -0.25) is 9.69 Å². The summed E-state index contributed by atoms with van der Waals surface area (Å²) < 4.78 is 27.7. The zero-order valence-corrected chi connectivity index (χ0v) is 19.7. The summed E-state index contributed by atoms with van der Waals surface area (Å²) in [6.45, 7) is 4.43. The van der Waals surface area contributed by atoms with E-state index in [1.165, 1.54) is 15.6 Å². The Balaban J connectivity index is 1.41. The number of benzene rings is 1. The maximum atomic E-state index is 13.1. The number of halogens is 1. The molecule has 162 valence electrons. The summed E-state index contributed by atoms with van der Waals surface area (Å²) in [5.74, 6) is 1.40. The Kier molecular flexibility index (Phi) is 7.06. The second-order valence-electron chi connectivity index (χ2n) is 7.33. The van der Waals surface area contributed by atoms with E-state index in [1.807, 2.05) is 24.3 Å². The molecule has 6 nitrogen and oxygen atoms in total. The Morgan fingerprint density at radius 2 is 1.77 bits per heavy atom. The molecule has 3 heterocycles. The van der Waals surface area contributed by atoms with E-state index in [4.69, 9.17) is 11.6 Å². The number of thiophene rings is 1. The predicted octanol–water partition coefficient (Wildman–Crippen LogP) is 3.10. The Morgan fingerprint density at radius 1 is 1.03 bits per heavy atom. The van der Waals surface area contributed by atoms with Crippen molar-refractivity contribution < 1.29 is 13.2 Å². The minimum atomic E-state index is -3.63. The monoisotopic (exact) mass is 485 g/mol. The van der Waals surface area contributed by atoms with Crippen molar-refractivity contribution >= 4 is 50.6 Å². The molecule has 2 aliphatic rings. The van der Waals surface area contributed by atoms with E-state index in [0.717, 1.165) is 41.7 Å². The topological polar surface area (TPSA) is 60.9 Å². The Bertz CT molecular complexity index is 997. The normalized spacial score (nSPS) is 19.2. The van der Waals surface area contributed by atoms with Crippen LogP contribution in [0.15, 0.2) is 40.6 Å². The molecule has 2 fully saturated rings. The molecule has 0 unspecified atom stereocenters. The van der Waals surface area contributed by atoms with E-state index >= 15 is 0 Å². The van der Waals surface area contributed by atoms with Crippen LogP contribution in [0, 0.1) is 0 Å². The first-order chi connectivity index (χ1) is 14.4. The van der Waals surface area contributed by atoms with Crippen LogP contribution in [0.1, 0.15) is 15.2 Å². The molecule has 0 saturated carbocycles. The first-order valence-electron chi connectivity index (χ1n) is 9.86. The molecule has 2 aliphatic heterocycles. The number of carbonyl (C=O) groups excluding carboxylic acids is 1. The third-order valence-electron chi connectivity index (χ3n) is 5.37. The molecule has 2 saturated heterocycles. The molecule has 4 rings (SSSR count). The molecule has 0 N–H and O–H groups in total. The quantitative estimate of drug-likeness (QED) is 0.651. The van der Waals surface area contributed by atoms with Gasteiger partial charge in [-0.2, -0.15) is 16.1 Å². The highest BCUT2D eigenvalue weighted by molar-refractivity contribution is 7.99. The molecule has 0 atom stereocenters. The van der Waals surface area contributed by atoms with Gasteiger partial charge in [0.25, 0.3) is 5.91 Å². The summed E-state index contributed by atoms with van der Waals surface area (Å²) in [6.07, 6.45) is 0. The van der Waals surface area contributed by atoms with Gasteiger partial charge in [0.05, 0.1) is 0 Å². The molecule has 10 heteroatoms. The minimum Gasteiger partial charge on any atom is -0.335 e. The lowest BCUT2D eigenvalue weighted by Crippen LogP contribution is -2.48. The first kappa shape index (κ1) is 22.1. The highest BCUT2D eigenvalue weighted by Crippen LogP contribution is 2.28. The van der Waals surface area contributed by atoms with Crippen molar-refractivity contribution in [1.82, 2.24) is 14.1 Å². The Morgan fingerprint density at radius 3 is 2.47 bits per heavy atom. The van der Waals surface area contributed by atoms with Crippen LogP contribution in [0.3, 0.4) is 0 Å². The fourth-order valence-corrected chi connectivity index (χ4v) is 7.88. The molecule has 0 aliphatic carbocycles. The van der Waals surface area contributed by atoms with Crippen LogP contribution in [-0.2, 0) is 16.6 Å². The van der Waals surface area contributed by atoms with E-state index < -0.39 is 10.0 Å². The van der Waals surface area contributed by atoms with Crippen molar-refractivity contribution in [1.29, 1.82) is 0 Å². The SMILES string of the molecule is O=C(c1sccc1S(=O)(=O)N1CCSCC1)N1CCN(Cc2cccc(Cl)c2)CC1. The molecule has 0 bridgehead atoms. The van der Waals surface area contributed by atoms with Crippen molar-refractivity contribution in [3.05, 3.63) is 51.2 Å². The highest BCUT2D eigenvalue weighted by Gasteiger charge is 2.33. The lowest BCUT2D eigenvalue weighted by molar-refractivity contribution is 0.0629. The molecule has 1 aromatic carbocycles. The van der Waals surface area contributed by atoms with Gasteiger partial charge >= 0.3 is 0 Å². The standard InChI is InChI=1S/C20H24ClN3O3S3/c21-17-3-1-2-16(14-17)15-22-5-7-23(8-6-22)20(25)19-18(4-11-29-19)30(26,27)24-9-12-28-13-10-24/h1-4,11,14H,5-10,12-13,15H2. The maximum absolute atomic E-state index is 13.1. The van der Waals surface area contributed by atoms with Gasteiger partial charge in [-0.25, -0.2) is 8.42 Å². The molecule has 2 aromatic rings. The molecule has 0 spiro atoms. The van der Waals surface area contributed by atoms with Crippen molar-refractivity contribution in [2.75, 3.05) is 50.8 Å². The molecule has 30 heavy (non-hydrogen) atoms. The average Bonchev–Trinajstić information content (AvgIpc) is 3.25. The number of piperazine rings is 1. The Hall–Kier alpha value is -1.10. The van der Waals surface area contributed by atoms with Gasteiger partial charge in [0.1, 0.15) is 9.77 Å². The molecular formula is C20H24ClN3O3S3. The lowest BCUT2D eigenvalue weighted by atomic mass is 10.2. The highest BCUT2D eigenvalue weighted by atomic mass is 35.5. The van der Waals surface area contributed by atoms with Gasteiger partial charge in [-0.15, -0.1) is 11.3 Å². The number of rotatable bonds is 5. The van der Waals surface area contributed by atoms with E-state index in [-0.39, 0.29) is 10.8 Å². The first-order valence-corrected chi connectivity index (χ1v) is 13.7. The second kappa shape index (κ2) is 9.58. The van der Waals surface area contributed by atoms with Crippen LogP contribution < -0.4 is 0 Å². The van der Waals surface area contributed by atoms with Crippen molar-refractivity contribution in [3.8, 4) is 0 Å². The summed E-state index contributed by atoms with van der Waals surface area (Å²) in [6, 6.07) is 9.38. The van der Waals surface area contributed by atoms with Crippen LogP contribution >= 0.6 is 34.7 Å². The minimum absolute atomic E-state index is 0.158. The summed E-state index contributed by atoms with van der Waals surface area (Å²) in [5.41, 5.74) is 1.15. The lowest BCUT2D eigenvalue weighted by Gasteiger charge is -2.35. The van der Waals surface area contributed by atoms with Crippen LogP contribution in [0.25, 0.3) is 0 Å². The van der Waals surface area contributed by atoms with Gasteiger partial charge in [-0.05, 0) is 29.1 Å². The molecule has 0 radical (unpaired) electrons. The van der Waals surface area contributed by atoms with E-state index in [1.54, 1.807) is 28.1 Å². The van der Waals surface area contributed by atoms with Crippen LogP contribution in [0.4, 0.5) is 0 Å². The van der Waals surface area contributed by atoms with Crippen LogP contribution in [0.5, 0.6) is 0 Å². The van der Waals surface area contributed by atoms with Crippen LogP contribution in [0.2, 0.25) is 5.02 Å². The van der Waals surface area contributed by atoms with Crippen molar-refractivity contribution in [2.45, 2.75) is 11.4 Å². The number of amides is 1. The number of nitrogens with zero attached hydrogens (tertiary/aromatic N) is 3. The van der Waals surface area contributed by atoms with Gasteiger partial charge in [0.15, 0.2) is 0 Å². The third kappa shape index (κ3) is 4.87. The predicted molar refractivity (Wildman–Crippen MR) is 123 cm³/mol. The van der Waals surface area contributed by atoms with Gasteiger partial charge in [0, 0.05) is 62.3 Å². The molecule has 1 aromatic heterocycles. The van der Waals surface area contributed by atoms with E-state index in [0.29, 0.717) is 31.1 Å². The smallest absolute Gasteiger partial charge is 0.265 e. The number of sulfonamides is 1. The third-order valence-corrected chi connectivity index (χ3v) is 9.52. The largest absolute Gasteiger partial charge is 0.335 e. The van der Waals surface area contributed by atoms with Crippen molar-refractivity contribution in [2.24, 2.45) is 0 Å². The van der Waals surface area contributed by atoms with Gasteiger partial charge in [-0.1, -0.05) is 23.7 Å².